The second-order valence-electron chi connectivity index (χ2n) is 5.35. The fourth-order valence-electron chi connectivity index (χ4n) is 2.75. The molecule has 0 heterocycles. The fraction of sp³-hybridized carbons (Fsp3) is 0.769. The van der Waals surface area contributed by atoms with Crippen LogP contribution in [0.4, 0.5) is 0 Å². The zero-order chi connectivity index (χ0) is 11.6. The fourth-order valence-corrected chi connectivity index (χ4v) is 2.75. The van der Waals surface area contributed by atoms with Gasteiger partial charge in [0.15, 0.2) is 0 Å². The monoisotopic (exact) mass is 210 g/mol. The van der Waals surface area contributed by atoms with E-state index in [1.807, 2.05) is 0 Å². The van der Waals surface area contributed by atoms with Gasteiger partial charge in [0.1, 0.15) is 5.78 Å². The second-order valence-corrected chi connectivity index (χ2v) is 5.35. The summed E-state index contributed by atoms with van der Waals surface area (Å²) in [5.41, 5.74) is 2.43. The summed E-state index contributed by atoms with van der Waals surface area (Å²) in [6, 6.07) is 0. The Kier molecular flexibility index (Phi) is 3.72. The summed E-state index contributed by atoms with van der Waals surface area (Å²) in [6.07, 6.45) is 3.05. The third-order valence-corrected chi connectivity index (χ3v) is 3.36. The van der Waals surface area contributed by atoms with E-state index in [0.717, 1.165) is 18.4 Å². The van der Waals surface area contributed by atoms with Crippen molar-refractivity contribution in [3.63, 3.8) is 0 Å². The summed E-state index contributed by atoms with van der Waals surface area (Å²) in [4.78, 5) is 11.0. The Hall–Kier alpha value is -0.630. The van der Waals surface area contributed by atoms with Crippen molar-refractivity contribution in [2.75, 3.05) is 0 Å². The molecule has 1 aliphatic carbocycles. The third-order valence-electron chi connectivity index (χ3n) is 3.36. The van der Waals surface area contributed by atoms with Crippen molar-refractivity contribution in [3.05, 3.63) is 11.1 Å². The lowest BCUT2D eigenvalue weighted by Gasteiger charge is -2.37. The predicted octanol–water partition coefficient (Wildman–Crippen LogP) is 2.85. The zero-order valence-corrected chi connectivity index (χ0v) is 10.3. The van der Waals surface area contributed by atoms with Crippen LogP contribution in [0.3, 0.4) is 0 Å². The summed E-state index contributed by atoms with van der Waals surface area (Å²) in [5.74, 6) is 0.0594. The zero-order valence-electron chi connectivity index (χ0n) is 10.3. The van der Waals surface area contributed by atoms with Gasteiger partial charge < -0.3 is 5.11 Å². The summed E-state index contributed by atoms with van der Waals surface area (Å²) < 4.78 is 0. The number of Topliss-reactive ketones (excluding diaryl/α,β-unsaturated/α-hetero) is 1. The highest BCUT2D eigenvalue weighted by Crippen LogP contribution is 2.42. The molecule has 0 aliphatic heterocycles. The highest BCUT2D eigenvalue weighted by Gasteiger charge is 2.32. The van der Waals surface area contributed by atoms with Gasteiger partial charge in [-0.25, -0.2) is 0 Å². The van der Waals surface area contributed by atoms with E-state index < -0.39 is 6.10 Å². The normalized spacial score (nSPS) is 22.7. The van der Waals surface area contributed by atoms with Crippen LogP contribution in [0, 0.1) is 5.41 Å². The lowest BCUT2D eigenvalue weighted by molar-refractivity contribution is -0.118. The van der Waals surface area contributed by atoms with Gasteiger partial charge in [-0.1, -0.05) is 19.4 Å². The first-order valence-corrected chi connectivity index (χ1v) is 5.72. The maximum atomic E-state index is 11.0. The number of allylic oxidation sites excluding steroid dienone is 1. The number of hydrogen-bond acceptors (Lipinski definition) is 2. The molecule has 0 saturated heterocycles. The van der Waals surface area contributed by atoms with Gasteiger partial charge in [-0.2, -0.15) is 0 Å². The van der Waals surface area contributed by atoms with E-state index in [-0.39, 0.29) is 17.6 Å². The van der Waals surface area contributed by atoms with Crippen LogP contribution < -0.4 is 0 Å². The van der Waals surface area contributed by atoms with Crippen molar-refractivity contribution in [2.45, 2.75) is 59.5 Å². The molecule has 1 rings (SSSR count). The van der Waals surface area contributed by atoms with Crippen molar-refractivity contribution in [1.29, 1.82) is 0 Å². The number of aliphatic hydroxyl groups is 1. The Morgan fingerprint density at radius 2 is 2.13 bits per heavy atom. The van der Waals surface area contributed by atoms with Gasteiger partial charge in [0.05, 0.1) is 6.10 Å². The average molecular weight is 210 g/mol. The first-order valence-electron chi connectivity index (χ1n) is 5.72. The number of hydrogen-bond donors (Lipinski definition) is 1. The summed E-state index contributed by atoms with van der Waals surface area (Å²) >= 11 is 0. The van der Waals surface area contributed by atoms with Gasteiger partial charge >= 0.3 is 0 Å². The van der Waals surface area contributed by atoms with Gasteiger partial charge in [-0.05, 0) is 44.1 Å². The van der Waals surface area contributed by atoms with Crippen LogP contribution in [0.5, 0.6) is 0 Å². The Morgan fingerprint density at radius 3 is 2.60 bits per heavy atom. The molecule has 1 aliphatic rings. The minimum Gasteiger partial charge on any atom is -0.388 e. The molecular formula is C13H22O2. The molecule has 0 amide bonds. The van der Waals surface area contributed by atoms with Crippen molar-refractivity contribution in [1.82, 2.24) is 0 Å². The Bertz CT molecular complexity index is 287. The Balaban J connectivity index is 2.92. The van der Waals surface area contributed by atoms with Crippen LogP contribution >= 0.6 is 0 Å². The molecule has 86 valence electrons. The quantitative estimate of drug-likeness (QED) is 0.727. The van der Waals surface area contributed by atoms with Crippen LogP contribution in [-0.4, -0.2) is 17.0 Å². The minimum absolute atomic E-state index is 0.0528. The number of rotatable bonds is 3. The molecule has 2 heteroatoms. The van der Waals surface area contributed by atoms with Crippen molar-refractivity contribution in [2.24, 2.45) is 5.41 Å². The van der Waals surface area contributed by atoms with E-state index in [9.17, 15) is 9.90 Å². The smallest absolute Gasteiger partial charge is 0.132 e. The highest BCUT2D eigenvalue weighted by molar-refractivity contribution is 5.76. The average Bonchev–Trinajstić information content (AvgIpc) is 1.99. The first kappa shape index (κ1) is 12.4. The van der Waals surface area contributed by atoms with Crippen LogP contribution in [0.25, 0.3) is 0 Å². The first-order chi connectivity index (χ1) is 6.84. The highest BCUT2D eigenvalue weighted by atomic mass is 16.3. The molecule has 0 aromatic heterocycles. The van der Waals surface area contributed by atoms with E-state index in [1.54, 1.807) is 0 Å². The minimum atomic E-state index is -0.571. The maximum absolute atomic E-state index is 11.0. The molecule has 0 saturated carbocycles. The summed E-state index contributed by atoms with van der Waals surface area (Å²) in [7, 11) is 0. The summed E-state index contributed by atoms with van der Waals surface area (Å²) in [5, 5.41) is 10.1. The van der Waals surface area contributed by atoms with Gasteiger partial charge in [0, 0.05) is 6.42 Å². The van der Waals surface area contributed by atoms with Gasteiger partial charge in [0.25, 0.3) is 0 Å². The van der Waals surface area contributed by atoms with Crippen molar-refractivity contribution < 1.29 is 9.90 Å². The number of ketones is 1. The number of carbonyl (C=O) groups is 1. The lowest BCUT2D eigenvalue weighted by atomic mass is 9.70. The molecular weight excluding hydrogens is 188 g/mol. The molecule has 15 heavy (non-hydrogen) atoms. The van der Waals surface area contributed by atoms with E-state index >= 15 is 0 Å². The lowest BCUT2D eigenvalue weighted by Crippen LogP contribution is -2.30. The van der Waals surface area contributed by atoms with E-state index in [4.69, 9.17) is 0 Å². The van der Waals surface area contributed by atoms with E-state index in [1.165, 1.54) is 18.9 Å². The Labute approximate surface area is 92.4 Å². The molecule has 1 N–H and O–H groups in total. The number of aliphatic hydroxyl groups excluding tert-OH is 1. The topological polar surface area (TPSA) is 37.3 Å². The molecule has 2 nitrogen and oxygen atoms in total. The van der Waals surface area contributed by atoms with Crippen LogP contribution in [0.1, 0.15) is 53.4 Å². The van der Waals surface area contributed by atoms with E-state index in [2.05, 4.69) is 20.8 Å². The molecule has 0 spiro atoms. The molecule has 0 bridgehead atoms. The molecule has 0 radical (unpaired) electrons. The maximum Gasteiger partial charge on any atom is 0.132 e. The molecule has 0 fully saturated rings. The number of carbonyl (C=O) groups excluding carboxylic acids is 1. The van der Waals surface area contributed by atoms with Crippen molar-refractivity contribution >= 4 is 5.78 Å². The third kappa shape index (κ3) is 2.91. The molecule has 1 atom stereocenters. The van der Waals surface area contributed by atoms with Crippen molar-refractivity contribution in [3.8, 4) is 0 Å². The van der Waals surface area contributed by atoms with Gasteiger partial charge in [0.2, 0.25) is 0 Å². The Morgan fingerprint density at radius 1 is 1.53 bits per heavy atom. The van der Waals surface area contributed by atoms with Gasteiger partial charge in [-0.3, -0.25) is 4.79 Å². The van der Waals surface area contributed by atoms with Gasteiger partial charge in [-0.15, -0.1) is 0 Å². The SMILES string of the molecule is CC(=O)CC(O)C1=C(C)CCCC1(C)C. The predicted molar refractivity (Wildman–Crippen MR) is 61.6 cm³/mol. The summed E-state index contributed by atoms with van der Waals surface area (Å²) in [6.45, 7) is 7.94. The van der Waals surface area contributed by atoms with E-state index in [0.29, 0.717) is 0 Å². The largest absolute Gasteiger partial charge is 0.388 e. The second kappa shape index (κ2) is 4.48. The molecule has 0 aromatic rings. The van der Waals surface area contributed by atoms with Crippen LogP contribution in [0.2, 0.25) is 0 Å². The van der Waals surface area contributed by atoms with Crippen LogP contribution in [0.15, 0.2) is 11.1 Å². The van der Waals surface area contributed by atoms with Crippen LogP contribution in [-0.2, 0) is 4.79 Å². The molecule has 0 aromatic carbocycles. The standard InChI is InChI=1S/C13H22O2/c1-9-6-5-7-13(3,4)12(9)11(15)8-10(2)14/h11,15H,5-8H2,1-4H3. The molecule has 1 unspecified atom stereocenters.